The highest BCUT2D eigenvalue weighted by Crippen LogP contribution is 2.20. The van der Waals surface area contributed by atoms with E-state index in [9.17, 15) is 4.79 Å². The molecule has 6 heteroatoms. The summed E-state index contributed by atoms with van der Waals surface area (Å²) >= 11 is 1.58. The van der Waals surface area contributed by atoms with Crippen molar-refractivity contribution in [2.75, 3.05) is 11.9 Å². The fourth-order valence-corrected chi connectivity index (χ4v) is 2.90. The molecule has 0 saturated carbocycles. The number of benzene rings is 1. The Hall–Kier alpha value is -2.73. The fraction of sp³-hybridized carbons (Fsp3) is 0.167. The Balaban J connectivity index is 1.63. The van der Waals surface area contributed by atoms with E-state index in [-0.39, 0.29) is 5.91 Å². The van der Waals surface area contributed by atoms with Crippen LogP contribution in [0.5, 0.6) is 5.88 Å². The minimum Gasteiger partial charge on any atom is -0.477 e. The number of hydrogen-bond acceptors (Lipinski definition) is 5. The maximum absolute atomic E-state index is 12.0. The fourth-order valence-electron chi connectivity index (χ4n) is 2.20. The van der Waals surface area contributed by atoms with Crippen molar-refractivity contribution in [3.63, 3.8) is 0 Å². The summed E-state index contributed by atoms with van der Waals surface area (Å²) in [7, 11) is 0. The highest BCUT2D eigenvalue weighted by Gasteiger charge is 2.06. The summed E-state index contributed by atoms with van der Waals surface area (Å²) in [5, 5.41) is 13.0. The zero-order valence-corrected chi connectivity index (χ0v) is 14.0. The number of hydrogen-bond donors (Lipinski definition) is 1. The molecule has 0 aliphatic carbocycles. The van der Waals surface area contributed by atoms with Crippen LogP contribution in [-0.2, 0) is 11.2 Å². The van der Waals surface area contributed by atoms with Gasteiger partial charge >= 0.3 is 0 Å². The summed E-state index contributed by atoms with van der Waals surface area (Å²) in [4.78, 5) is 13.0. The van der Waals surface area contributed by atoms with Gasteiger partial charge in [0.05, 0.1) is 18.7 Å². The Bertz CT molecular complexity index is 784. The molecule has 0 bridgehead atoms. The zero-order valence-electron chi connectivity index (χ0n) is 13.2. The predicted molar refractivity (Wildman–Crippen MR) is 95.3 cm³/mol. The van der Waals surface area contributed by atoms with Crippen molar-refractivity contribution in [3.05, 3.63) is 58.8 Å². The number of amides is 1. The van der Waals surface area contributed by atoms with Crippen LogP contribution in [0.3, 0.4) is 0 Å². The van der Waals surface area contributed by atoms with Gasteiger partial charge in [0, 0.05) is 22.2 Å². The third-order valence-corrected chi connectivity index (χ3v) is 4.19. The molecular weight excluding hydrogens is 322 g/mol. The molecule has 1 N–H and O–H groups in total. The van der Waals surface area contributed by atoms with E-state index in [1.54, 1.807) is 17.4 Å². The van der Waals surface area contributed by atoms with Crippen LogP contribution < -0.4 is 10.1 Å². The van der Waals surface area contributed by atoms with Gasteiger partial charge < -0.3 is 10.1 Å². The van der Waals surface area contributed by atoms with Crippen LogP contribution in [-0.4, -0.2) is 22.7 Å². The second-order valence-electron chi connectivity index (χ2n) is 5.07. The molecule has 3 rings (SSSR count). The Morgan fingerprint density at radius 1 is 1.12 bits per heavy atom. The first-order chi connectivity index (χ1) is 11.7. The Morgan fingerprint density at radius 3 is 2.58 bits per heavy atom. The molecule has 2 heterocycles. The quantitative estimate of drug-likeness (QED) is 0.742. The lowest BCUT2D eigenvalue weighted by Crippen LogP contribution is -2.13. The summed E-state index contributed by atoms with van der Waals surface area (Å²) in [5.74, 6) is 0.491. The number of nitrogens with zero attached hydrogens (tertiary/aromatic N) is 2. The number of carbonyl (C=O) groups is 1. The molecular formula is C18H17N3O2S. The summed E-state index contributed by atoms with van der Waals surface area (Å²) < 4.78 is 5.28. The van der Waals surface area contributed by atoms with E-state index in [4.69, 9.17) is 4.74 Å². The SMILES string of the molecule is CCOc1ccc(-c2ccc(NC(=O)Cc3cccs3)cc2)nn1. The average Bonchev–Trinajstić information content (AvgIpc) is 3.09. The van der Waals surface area contributed by atoms with Gasteiger partial charge in [0.1, 0.15) is 0 Å². The molecule has 0 atom stereocenters. The van der Waals surface area contributed by atoms with Crippen molar-refractivity contribution >= 4 is 22.9 Å². The molecule has 1 aromatic carbocycles. The largest absolute Gasteiger partial charge is 0.477 e. The molecule has 1 amide bonds. The van der Waals surface area contributed by atoms with Gasteiger partial charge in [-0.2, -0.15) is 0 Å². The van der Waals surface area contributed by atoms with Gasteiger partial charge in [-0.25, -0.2) is 0 Å². The second-order valence-corrected chi connectivity index (χ2v) is 6.10. The van der Waals surface area contributed by atoms with Gasteiger partial charge in [0.2, 0.25) is 11.8 Å². The lowest BCUT2D eigenvalue weighted by atomic mass is 10.1. The number of rotatable bonds is 6. The third kappa shape index (κ3) is 4.17. The monoisotopic (exact) mass is 339 g/mol. The molecule has 0 spiro atoms. The molecule has 0 unspecified atom stereocenters. The first-order valence-electron chi connectivity index (χ1n) is 7.64. The van der Waals surface area contributed by atoms with Crippen molar-refractivity contribution in [1.82, 2.24) is 10.2 Å². The van der Waals surface area contributed by atoms with Gasteiger partial charge in [0.15, 0.2) is 0 Å². The van der Waals surface area contributed by atoms with E-state index >= 15 is 0 Å². The smallest absolute Gasteiger partial charge is 0.233 e. The van der Waals surface area contributed by atoms with E-state index < -0.39 is 0 Å². The zero-order chi connectivity index (χ0) is 16.8. The van der Waals surface area contributed by atoms with E-state index in [1.807, 2.05) is 54.8 Å². The predicted octanol–water partition coefficient (Wildman–Crippen LogP) is 3.79. The molecule has 5 nitrogen and oxygen atoms in total. The summed E-state index contributed by atoms with van der Waals surface area (Å²) in [6, 6.07) is 15.1. The highest BCUT2D eigenvalue weighted by atomic mass is 32.1. The van der Waals surface area contributed by atoms with Crippen LogP contribution in [0.1, 0.15) is 11.8 Å². The average molecular weight is 339 g/mol. The minimum atomic E-state index is -0.0222. The summed E-state index contributed by atoms with van der Waals surface area (Å²) in [5.41, 5.74) is 2.45. The van der Waals surface area contributed by atoms with Crippen LogP contribution in [0.2, 0.25) is 0 Å². The maximum atomic E-state index is 12.0. The topological polar surface area (TPSA) is 64.1 Å². The molecule has 122 valence electrons. The van der Waals surface area contributed by atoms with Crippen molar-refractivity contribution in [2.24, 2.45) is 0 Å². The van der Waals surface area contributed by atoms with Gasteiger partial charge in [-0.1, -0.05) is 18.2 Å². The first kappa shape index (κ1) is 16.1. The van der Waals surface area contributed by atoms with E-state index in [0.717, 1.165) is 21.8 Å². The highest BCUT2D eigenvalue weighted by molar-refractivity contribution is 7.10. The van der Waals surface area contributed by atoms with Gasteiger partial charge in [-0.05, 0) is 36.6 Å². The summed E-state index contributed by atoms with van der Waals surface area (Å²) in [6.45, 7) is 2.47. The number of carbonyl (C=O) groups excluding carboxylic acids is 1. The summed E-state index contributed by atoms with van der Waals surface area (Å²) in [6.07, 6.45) is 0.393. The van der Waals surface area contributed by atoms with Crippen molar-refractivity contribution in [2.45, 2.75) is 13.3 Å². The molecule has 0 radical (unpaired) electrons. The van der Waals surface area contributed by atoms with Crippen LogP contribution in [0.4, 0.5) is 5.69 Å². The molecule has 0 saturated heterocycles. The van der Waals surface area contributed by atoms with E-state index in [1.165, 1.54) is 0 Å². The van der Waals surface area contributed by atoms with Crippen molar-refractivity contribution < 1.29 is 9.53 Å². The molecule has 2 aromatic heterocycles. The second kappa shape index (κ2) is 7.70. The van der Waals surface area contributed by atoms with Gasteiger partial charge in [-0.3, -0.25) is 4.79 Å². The number of nitrogens with one attached hydrogen (secondary N) is 1. The van der Waals surface area contributed by atoms with Crippen LogP contribution >= 0.6 is 11.3 Å². The molecule has 0 aliphatic rings. The minimum absolute atomic E-state index is 0.0222. The lowest BCUT2D eigenvalue weighted by Gasteiger charge is -2.06. The van der Waals surface area contributed by atoms with Crippen molar-refractivity contribution in [1.29, 1.82) is 0 Å². The van der Waals surface area contributed by atoms with Crippen LogP contribution in [0.15, 0.2) is 53.9 Å². The number of anilines is 1. The van der Waals surface area contributed by atoms with E-state index in [2.05, 4.69) is 15.5 Å². The number of thiophene rings is 1. The standard InChI is InChI=1S/C18H17N3O2S/c1-2-23-18-10-9-16(20-21-18)13-5-7-14(8-6-13)19-17(22)12-15-4-3-11-24-15/h3-11H,2,12H2,1H3,(H,19,22). The third-order valence-electron chi connectivity index (χ3n) is 3.31. The molecule has 24 heavy (non-hydrogen) atoms. The molecule has 3 aromatic rings. The van der Waals surface area contributed by atoms with Crippen molar-refractivity contribution in [3.8, 4) is 17.1 Å². The maximum Gasteiger partial charge on any atom is 0.233 e. The number of aromatic nitrogens is 2. The number of ether oxygens (including phenoxy) is 1. The Labute approximate surface area is 144 Å². The lowest BCUT2D eigenvalue weighted by molar-refractivity contribution is -0.115. The van der Waals surface area contributed by atoms with E-state index in [0.29, 0.717) is 18.9 Å². The first-order valence-corrected chi connectivity index (χ1v) is 8.52. The Morgan fingerprint density at radius 2 is 1.96 bits per heavy atom. The molecule has 0 fully saturated rings. The molecule has 0 aliphatic heterocycles. The normalized spacial score (nSPS) is 10.4. The van der Waals surface area contributed by atoms with Crippen LogP contribution in [0, 0.1) is 0 Å². The van der Waals surface area contributed by atoms with Gasteiger partial charge in [0.25, 0.3) is 0 Å². The Kier molecular flexibility index (Phi) is 5.18. The van der Waals surface area contributed by atoms with Gasteiger partial charge in [-0.15, -0.1) is 21.5 Å². The van der Waals surface area contributed by atoms with Crippen LogP contribution in [0.25, 0.3) is 11.3 Å².